The van der Waals surface area contributed by atoms with Crippen molar-refractivity contribution in [2.45, 2.75) is 39.7 Å². The largest absolute Gasteiger partial charge is 0.357 e. The van der Waals surface area contributed by atoms with Gasteiger partial charge in [-0.1, -0.05) is 6.92 Å². The number of aromatic nitrogens is 2. The van der Waals surface area contributed by atoms with Gasteiger partial charge < -0.3 is 15.1 Å². The van der Waals surface area contributed by atoms with Crippen molar-refractivity contribution in [3.63, 3.8) is 0 Å². The van der Waals surface area contributed by atoms with Crippen LogP contribution < -0.4 is 14.9 Å². The standard InChI is InChI=1S/C16H31N7O2S2.HI/c1-6-13-19-15(26-20-13)23-10-8-22(9-11-23)14(17-7-2)18-12-16(3,4)21-27(5,24)25;/h21H,6-12H2,1-5H3,(H,17,18);1H. The lowest BCUT2D eigenvalue weighted by molar-refractivity contribution is 0.369. The molecular weight excluding hydrogens is 513 g/mol. The summed E-state index contributed by atoms with van der Waals surface area (Å²) in [6.45, 7) is 12.2. The number of aliphatic imine (C=N–C) groups is 1. The van der Waals surface area contributed by atoms with E-state index in [1.54, 1.807) is 0 Å². The maximum absolute atomic E-state index is 11.5. The lowest BCUT2D eigenvalue weighted by Crippen LogP contribution is -2.53. The van der Waals surface area contributed by atoms with Crippen LogP contribution in [0.3, 0.4) is 0 Å². The van der Waals surface area contributed by atoms with E-state index >= 15 is 0 Å². The summed E-state index contributed by atoms with van der Waals surface area (Å²) in [4.78, 5) is 13.7. The van der Waals surface area contributed by atoms with Gasteiger partial charge in [0.15, 0.2) is 5.96 Å². The number of halogens is 1. The van der Waals surface area contributed by atoms with E-state index in [1.807, 2.05) is 20.8 Å². The quantitative estimate of drug-likeness (QED) is 0.301. The van der Waals surface area contributed by atoms with Crippen molar-refractivity contribution < 1.29 is 8.42 Å². The molecular formula is C16H32IN7O2S2. The van der Waals surface area contributed by atoms with Crippen molar-refractivity contribution >= 4 is 56.6 Å². The monoisotopic (exact) mass is 545 g/mol. The van der Waals surface area contributed by atoms with Gasteiger partial charge in [0, 0.05) is 56.2 Å². The number of rotatable bonds is 7. The van der Waals surface area contributed by atoms with Crippen LogP contribution in [0.15, 0.2) is 4.99 Å². The van der Waals surface area contributed by atoms with E-state index < -0.39 is 15.6 Å². The number of sulfonamides is 1. The summed E-state index contributed by atoms with van der Waals surface area (Å²) in [6.07, 6.45) is 2.02. The minimum absolute atomic E-state index is 0. The summed E-state index contributed by atoms with van der Waals surface area (Å²) in [5.41, 5.74) is -0.640. The van der Waals surface area contributed by atoms with Crippen molar-refractivity contribution in [1.29, 1.82) is 0 Å². The first-order valence-corrected chi connectivity index (χ1v) is 11.9. The molecule has 0 amide bonds. The van der Waals surface area contributed by atoms with Gasteiger partial charge in [-0.25, -0.2) is 18.1 Å². The van der Waals surface area contributed by atoms with Gasteiger partial charge in [-0.3, -0.25) is 4.99 Å². The lowest BCUT2D eigenvalue weighted by Gasteiger charge is -2.36. The summed E-state index contributed by atoms with van der Waals surface area (Å²) < 4.78 is 30.0. The van der Waals surface area contributed by atoms with Crippen molar-refractivity contribution in [2.24, 2.45) is 4.99 Å². The van der Waals surface area contributed by atoms with Gasteiger partial charge >= 0.3 is 0 Å². The van der Waals surface area contributed by atoms with E-state index in [0.29, 0.717) is 6.54 Å². The van der Waals surface area contributed by atoms with Gasteiger partial charge in [0.1, 0.15) is 5.82 Å². The minimum atomic E-state index is -3.28. The molecule has 1 saturated heterocycles. The Balaban J connectivity index is 0.00000392. The molecule has 2 rings (SSSR count). The molecule has 0 bridgehead atoms. The Labute approximate surface area is 189 Å². The average molecular weight is 546 g/mol. The molecule has 9 nitrogen and oxygen atoms in total. The van der Waals surface area contributed by atoms with Crippen LogP contribution in [0, 0.1) is 0 Å². The smallest absolute Gasteiger partial charge is 0.209 e. The van der Waals surface area contributed by atoms with Crippen LogP contribution in [0.5, 0.6) is 0 Å². The Morgan fingerprint density at radius 1 is 1.25 bits per heavy atom. The number of nitrogens with one attached hydrogen (secondary N) is 2. The van der Waals surface area contributed by atoms with Crippen molar-refractivity contribution in [1.82, 2.24) is 24.3 Å². The van der Waals surface area contributed by atoms with E-state index in [2.05, 4.69) is 41.1 Å². The molecule has 0 spiro atoms. The third-order valence-corrected chi connectivity index (χ3v) is 5.78. The Morgan fingerprint density at radius 2 is 1.89 bits per heavy atom. The molecule has 0 saturated carbocycles. The van der Waals surface area contributed by atoms with Gasteiger partial charge in [-0.2, -0.15) is 4.37 Å². The van der Waals surface area contributed by atoms with E-state index in [0.717, 1.165) is 56.1 Å². The molecule has 0 radical (unpaired) electrons. The molecule has 1 fully saturated rings. The highest BCUT2D eigenvalue weighted by Crippen LogP contribution is 2.19. The van der Waals surface area contributed by atoms with Gasteiger partial charge in [0.05, 0.1) is 12.8 Å². The normalized spacial score (nSPS) is 16.1. The number of piperazine rings is 1. The SMILES string of the molecule is CCNC(=NCC(C)(C)NS(C)(=O)=O)N1CCN(c2nc(CC)ns2)CC1.I. The van der Waals surface area contributed by atoms with Gasteiger partial charge in [0.25, 0.3) is 0 Å². The Morgan fingerprint density at radius 3 is 2.39 bits per heavy atom. The molecule has 2 heterocycles. The van der Waals surface area contributed by atoms with E-state index in [1.165, 1.54) is 17.8 Å². The number of hydrogen-bond donors (Lipinski definition) is 2. The maximum atomic E-state index is 11.5. The first-order chi connectivity index (χ1) is 12.6. The van der Waals surface area contributed by atoms with Gasteiger partial charge in [-0.05, 0) is 20.8 Å². The fraction of sp³-hybridized carbons (Fsp3) is 0.812. The zero-order chi connectivity index (χ0) is 20.1. The van der Waals surface area contributed by atoms with Crippen LogP contribution in [0.25, 0.3) is 0 Å². The molecule has 1 aliphatic rings. The molecule has 2 N–H and O–H groups in total. The second-order valence-corrected chi connectivity index (χ2v) is 9.73. The van der Waals surface area contributed by atoms with Crippen molar-refractivity contribution in [2.75, 3.05) is 50.4 Å². The zero-order valence-electron chi connectivity index (χ0n) is 17.2. The predicted octanol–water partition coefficient (Wildman–Crippen LogP) is 1.13. The molecule has 1 aromatic heterocycles. The second-order valence-electron chi connectivity index (χ2n) is 7.25. The van der Waals surface area contributed by atoms with Crippen LogP contribution in [-0.4, -0.2) is 79.7 Å². The molecule has 0 atom stereocenters. The highest BCUT2D eigenvalue weighted by atomic mass is 127. The zero-order valence-corrected chi connectivity index (χ0v) is 21.2. The number of hydrogen-bond acceptors (Lipinski definition) is 7. The summed E-state index contributed by atoms with van der Waals surface area (Å²) in [6, 6.07) is 0. The summed E-state index contributed by atoms with van der Waals surface area (Å²) in [5.74, 6) is 1.71. The summed E-state index contributed by atoms with van der Waals surface area (Å²) in [5, 5.41) is 4.29. The van der Waals surface area contributed by atoms with Gasteiger partial charge in [0.2, 0.25) is 15.2 Å². The first-order valence-electron chi connectivity index (χ1n) is 9.23. The van der Waals surface area contributed by atoms with Crippen LogP contribution in [0.1, 0.15) is 33.5 Å². The van der Waals surface area contributed by atoms with Crippen LogP contribution in [0.4, 0.5) is 5.13 Å². The number of aryl methyl sites for hydroxylation is 1. The second kappa shape index (κ2) is 10.9. The first kappa shape index (κ1) is 25.3. The fourth-order valence-corrected chi connectivity index (χ4v) is 4.73. The third-order valence-electron chi connectivity index (χ3n) is 4.04. The fourth-order valence-electron chi connectivity index (χ4n) is 2.86. The molecule has 0 aliphatic carbocycles. The maximum Gasteiger partial charge on any atom is 0.209 e. The van der Waals surface area contributed by atoms with Crippen molar-refractivity contribution in [3.05, 3.63) is 5.82 Å². The number of anilines is 1. The molecule has 1 aliphatic heterocycles. The predicted molar refractivity (Wildman–Crippen MR) is 127 cm³/mol. The highest BCUT2D eigenvalue weighted by Gasteiger charge is 2.25. The Bertz CT molecular complexity index is 744. The average Bonchev–Trinajstić information content (AvgIpc) is 3.06. The minimum Gasteiger partial charge on any atom is -0.357 e. The number of nitrogens with zero attached hydrogens (tertiary/aromatic N) is 5. The molecule has 28 heavy (non-hydrogen) atoms. The topological polar surface area (TPSA) is 103 Å². The molecule has 12 heteroatoms. The van der Waals surface area contributed by atoms with E-state index in [4.69, 9.17) is 0 Å². The number of guanidine groups is 1. The van der Waals surface area contributed by atoms with Crippen LogP contribution in [0.2, 0.25) is 0 Å². The van der Waals surface area contributed by atoms with Crippen molar-refractivity contribution in [3.8, 4) is 0 Å². The molecule has 162 valence electrons. The Kier molecular flexibility index (Phi) is 9.83. The van der Waals surface area contributed by atoms with Gasteiger partial charge in [-0.15, -0.1) is 24.0 Å². The lowest BCUT2D eigenvalue weighted by atomic mass is 10.1. The molecule has 0 unspecified atom stereocenters. The molecule has 0 aromatic carbocycles. The summed E-state index contributed by atoms with van der Waals surface area (Å²) >= 11 is 1.45. The van der Waals surface area contributed by atoms with E-state index in [9.17, 15) is 8.42 Å². The third kappa shape index (κ3) is 7.95. The molecule has 1 aromatic rings. The Hall–Kier alpha value is -0.730. The summed E-state index contributed by atoms with van der Waals surface area (Å²) in [7, 11) is -3.28. The van der Waals surface area contributed by atoms with Crippen LogP contribution >= 0.6 is 35.5 Å². The van der Waals surface area contributed by atoms with E-state index in [-0.39, 0.29) is 24.0 Å². The van der Waals surface area contributed by atoms with Crippen LogP contribution in [-0.2, 0) is 16.4 Å². The highest BCUT2D eigenvalue weighted by molar-refractivity contribution is 14.0.